The highest BCUT2D eigenvalue weighted by atomic mass is 16.5. The van der Waals surface area contributed by atoms with Crippen LogP contribution in [0.1, 0.15) is 11.3 Å². The number of ether oxygens (including phenoxy) is 1. The van der Waals surface area contributed by atoms with E-state index in [1.165, 1.54) is 7.11 Å². The van der Waals surface area contributed by atoms with Crippen molar-refractivity contribution in [2.75, 3.05) is 7.11 Å². The number of rotatable bonds is 3. The van der Waals surface area contributed by atoms with Gasteiger partial charge in [0.25, 0.3) is 0 Å². The van der Waals surface area contributed by atoms with Gasteiger partial charge in [-0.1, -0.05) is 6.07 Å². The van der Waals surface area contributed by atoms with Crippen molar-refractivity contribution in [1.82, 2.24) is 9.97 Å². The molecule has 0 spiro atoms. The summed E-state index contributed by atoms with van der Waals surface area (Å²) in [5.74, 6) is -0.262. The third kappa shape index (κ3) is 2.71. The summed E-state index contributed by atoms with van der Waals surface area (Å²) < 4.78 is 4.61. The van der Waals surface area contributed by atoms with Gasteiger partial charge in [-0.15, -0.1) is 0 Å². The van der Waals surface area contributed by atoms with Crippen LogP contribution in [0.3, 0.4) is 0 Å². The highest BCUT2D eigenvalue weighted by Gasteiger charge is 2.06. The molecule has 0 N–H and O–H groups in total. The molecule has 0 unspecified atom stereocenters. The molecule has 2 aromatic heterocycles. The average Bonchev–Trinajstić information content (AvgIpc) is 2.40. The van der Waals surface area contributed by atoms with Crippen LogP contribution in [0, 0.1) is 6.92 Å². The van der Waals surface area contributed by atoms with Gasteiger partial charge in [0.15, 0.2) is 0 Å². The van der Waals surface area contributed by atoms with E-state index in [1.54, 1.807) is 12.4 Å². The number of pyridine rings is 2. The monoisotopic (exact) mass is 242 g/mol. The molecule has 0 aromatic carbocycles. The van der Waals surface area contributed by atoms with Gasteiger partial charge in [0.2, 0.25) is 0 Å². The van der Waals surface area contributed by atoms with Crippen molar-refractivity contribution >= 4 is 5.97 Å². The maximum atomic E-state index is 11.1. The van der Waals surface area contributed by atoms with Crippen LogP contribution in [-0.2, 0) is 16.0 Å². The molecule has 0 saturated heterocycles. The zero-order valence-corrected chi connectivity index (χ0v) is 10.4. The van der Waals surface area contributed by atoms with E-state index < -0.39 is 0 Å². The summed E-state index contributed by atoms with van der Waals surface area (Å²) in [5, 5.41) is 0. The summed E-state index contributed by atoms with van der Waals surface area (Å²) >= 11 is 0. The molecule has 0 aliphatic heterocycles. The Hall–Kier alpha value is -2.23. The predicted molar refractivity (Wildman–Crippen MR) is 67.9 cm³/mol. The normalized spacial score (nSPS) is 10.1. The lowest BCUT2D eigenvalue weighted by atomic mass is 10.1. The summed E-state index contributed by atoms with van der Waals surface area (Å²) in [5.41, 5.74) is 3.63. The minimum atomic E-state index is -0.262. The van der Waals surface area contributed by atoms with Crippen LogP contribution in [-0.4, -0.2) is 23.0 Å². The number of nitrogens with zero attached hydrogens (tertiary/aromatic N) is 2. The Morgan fingerprint density at radius 3 is 2.72 bits per heavy atom. The highest BCUT2D eigenvalue weighted by molar-refractivity contribution is 5.72. The molecule has 4 heteroatoms. The fourth-order valence-electron chi connectivity index (χ4n) is 1.68. The number of aromatic nitrogens is 2. The van der Waals surface area contributed by atoms with Gasteiger partial charge in [-0.3, -0.25) is 14.8 Å². The zero-order chi connectivity index (χ0) is 13.0. The van der Waals surface area contributed by atoms with Crippen LogP contribution in [0.15, 0.2) is 36.7 Å². The first-order valence-corrected chi connectivity index (χ1v) is 5.64. The molecular formula is C14H14N2O2. The van der Waals surface area contributed by atoms with E-state index in [9.17, 15) is 4.79 Å². The van der Waals surface area contributed by atoms with Crippen LogP contribution in [0.4, 0.5) is 0 Å². The molecule has 0 radical (unpaired) electrons. The molecule has 2 rings (SSSR count). The summed E-state index contributed by atoms with van der Waals surface area (Å²) in [7, 11) is 1.38. The van der Waals surface area contributed by atoms with Gasteiger partial charge in [-0.05, 0) is 30.7 Å². The van der Waals surface area contributed by atoms with Gasteiger partial charge in [0, 0.05) is 23.7 Å². The number of aryl methyl sites for hydroxylation is 1. The predicted octanol–water partition coefficient (Wildman–Crippen LogP) is 2.17. The largest absolute Gasteiger partial charge is 0.469 e. The summed E-state index contributed by atoms with van der Waals surface area (Å²) in [6, 6.07) is 7.63. The molecule has 0 amide bonds. The standard InChI is InChI=1S/C14H14N2O2/c1-10-12(4-3-7-15-10)13-6-5-11(9-16-13)8-14(17)18-2/h3-7,9H,8H2,1-2H3. The Morgan fingerprint density at radius 1 is 1.28 bits per heavy atom. The number of carbonyl (C=O) groups excluding carboxylic acids is 1. The third-order valence-electron chi connectivity index (χ3n) is 2.68. The number of methoxy groups -OCH3 is 1. The molecule has 92 valence electrons. The molecule has 2 aromatic rings. The minimum Gasteiger partial charge on any atom is -0.469 e. The Labute approximate surface area is 106 Å². The van der Waals surface area contributed by atoms with Crippen molar-refractivity contribution in [2.24, 2.45) is 0 Å². The molecule has 4 nitrogen and oxygen atoms in total. The molecule has 0 aliphatic carbocycles. The molecule has 18 heavy (non-hydrogen) atoms. The van der Waals surface area contributed by atoms with Gasteiger partial charge in [-0.2, -0.15) is 0 Å². The quantitative estimate of drug-likeness (QED) is 0.774. The SMILES string of the molecule is COC(=O)Cc1ccc(-c2cccnc2C)nc1. The lowest BCUT2D eigenvalue weighted by molar-refractivity contribution is -0.139. The van der Waals surface area contributed by atoms with Gasteiger partial charge < -0.3 is 4.74 Å². The van der Waals surface area contributed by atoms with Crippen LogP contribution in [0.5, 0.6) is 0 Å². The molecule has 0 aliphatic rings. The van der Waals surface area contributed by atoms with Crippen LogP contribution in [0.25, 0.3) is 11.3 Å². The average molecular weight is 242 g/mol. The molecule has 0 atom stereocenters. The van der Waals surface area contributed by atoms with Crippen molar-refractivity contribution in [2.45, 2.75) is 13.3 Å². The second kappa shape index (κ2) is 5.40. The highest BCUT2D eigenvalue weighted by Crippen LogP contribution is 2.19. The maximum absolute atomic E-state index is 11.1. The van der Waals surface area contributed by atoms with Gasteiger partial charge >= 0.3 is 5.97 Å². The second-order valence-corrected chi connectivity index (χ2v) is 3.94. The van der Waals surface area contributed by atoms with Crippen molar-refractivity contribution in [3.63, 3.8) is 0 Å². The van der Waals surface area contributed by atoms with E-state index in [1.807, 2.05) is 31.2 Å². The summed E-state index contributed by atoms with van der Waals surface area (Å²) in [6.07, 6.45) is 3.69. The first-order chi connectivity index (χ1) is 8.70. The number of carbonyl (C=O) groups is 1. The second-order valence-electron chi connectivity index (χ2n) is 3.94. The van der Waals surface area contributed by atoms with E-state index in [4.69, 9.17) is 0 Å². The van der Waals surface area contributed by atoms with E-state index in [-0.39, 0.29) is 12.4 Å². The lowest BCUT2D eigenvalue weighted by Crippen LogP contribution is -2.04. The van der Waals surface area contributed by atoms with Crippen LogP contribution in [0.2, 0.25) is 0 Å². The molecule has 2 heterocycles. The number of hydrogen-bond acceptors (Lipinski definition) is 4. The van der Waals surface area contributed by atoms with E-state index in [0.29, 0.717) is 0 Å². The van der Waals surface area contributed by atoms with Crippen LogP contribution >= 0.6 is 0 Å². The Bertz CT molecular complexity index is 550. The third-order valence-corrected chi connectivity index (χ3v) is 2.68. The first kappa shape index (κ1) is 12.2. The van der Waals surface area contributed by atoms with Crippen LogP contribution < -0.4 is 0 Å². The molecular weight excluding hydrogens is 228 g/mol. The van der Waals surface area contributed by atoms with Crippen molar-refractivity contribution in [3.05, 3.63) is 47.9 Å². The summed E-state index contributed by atoms with van der Waals surface area (Å²) in [4.78, 5) is 19.7. The smallest absolute Gasteiger partial charge is 0.310 e. The van der Waals surface area contributed by atoms with Crippen molar-refractivity contribution in [3.8, 4) is 11.3 Å². The molecule has 0 bridgehead atoms. The Morgan fingerprint density at radius 2 is 2.11 bits per heavy atom. The first-order valence-electron chi connectivity index (χ1n) is 5.64. The van der Waals surface area contributed by atoms with Gasteiger partial charge in [0.05, 0.1) is 19.2 Å². The lowest BCUT2D eigenvalue weighted by Gasteiger charge is -2.05. The molecule has 0 saturated carbocycles. The van der Waals surface area contributed by atoms with Crippen molar-refractivity contribution < 1.29 is 9.53 Å². The fraction of sp³-hybridized carbons (Fsp3) is 0.214. The van der Waals surface area contributed by atoms with E-state index in [2.05, 4.69) is 14.7 Å². The fourth-order valence-corrected chi connectivity index (χ4v) is 1.68. The zero-order valence-electron chi connectivity index (χ0n) is 10.4. The Balaban J connectivity index is 2.23. The number of esters is 1. The minimum absolute atomic E-state index is 0.246. The summed E-state index contributed by atoms with van der Waals surface area (Å²) in [6.45, 7) is 1.94. The maximum Gasteiger partial charge on any atom is 0.310 e. The topological polar surface area (TPSA) is 52.1 Å². The number of hydrogen-bond donors (Lipinski definition) is 0. The van der Waals surface area contributed by atoms with E-state index >= 15 is 0 Å². The van der Waals surface area contributed by atoms with E-state index in [0.717, 1.165) is 22.5 Å². The van der Waals surface area contributed by atoms with Gasteiger partial charge in [-0.25, -0.2) is 0 Å². The Kier molecular flexibility index (Phi) is 3.67. The molecule has 0 fully saturated rings. The van der Waals surface area contributed by atoms with Gasteiger partial charge in [0.1, 0.15) is 0 Å². The van der Waals surface area contributed by atoms with Crippen molar-refractivity contribution in [1.29, 1.82) is 0 Å².